The van der Waals surface area contributed by atoms with Crippen LogP contribution in [0.15, 0.2) is 12.1 Å². The van der Waals surface area contributed by atoms with Crippen molar-refractivity contribution in [3.8, 4) is 0 Å². The fraction of sp³-hybridized carbons (Fsp3) is 0.500. The molecule has 0 aliphatic carbocycles. The lowest BCUT2D eigenvalue weighted by Crippen LogP contribution is -2.34. The van der Waals surface area contributed by atoms with Crippen molar-refractivity contribution >= 4 is 5.91 Å². The monoisotopic (exact) mass is 304 g/mol. The molecular formula is C14H19F3N2O2. The van der Waals surface area contributed by atoms with Crippen molar-refractivity contribution in [3.05, 3.63) is 35.1 Å². The number of carbonyl (C=O) groups excluding carboxylic acids is 1. The summed E-state index contributed by atoms with van der Waals surface area (Å²) in [5, 5.41) is 2.60. The third kappa shape index (κ3) is 6.14. The van der Waals surface area contributed by atoms with Crippen molar-refractivity contribution in [2.24, 2.45) is 5.73 Å². The number of benzene rings is 1. The lowest BCUT2D eigenvalue weighted by atomic mass is 10.0. The molecule has 1 amide bonds. The number of nitrogens with two attached hydrogens (primary N) is 1. The molecule has 0 heterocycles. The Morgan fingerprint density at radius 2 is 1.95 bits per heavy atom. The van der Waals surface area contributed by atoms with Crippen LogP contribution in [0, 0.1) is 17.5 Å². The van der Waals surface area contributed by atoms with E-state index in [2.05, 4.69) is 5.32 Å². The Labute approximate surface area is 121 Å². The highest BCUT2D eigenvalue weighted by Crippen LogP contribution is 2.15. The van der Waals surface area contributed by atoms with Gasteiger partial charge in [0.2, 0.25) is 5.91 Å². The maximum absolute atomic E-state index is 13.4. The van der Waals surface area contributed by atoms with Gasteiger partial charge in [-0.05, 0) is 25.0 Å². The topological polar surface area (TPSA) is 64.3 Å². The maximum atomic E-state index is 13.4. The minimum absolute atomic E-state index is 0.0371. The molecule has 7 heteroatoms. The fourth-order valence-electron chi connectivity index (χ4n) is 1.79. The van der Waals surface area contributed by atoms with E-state index < -0.39 is 23.5 Å². The Bertz CT molecular complexity index is 484. The van der Waals surface area contributed by atoms with Crippen molar-refractivity contribution in [2.45, 2.75) is 25.8 Å². The lowest BCUT2D eigenvalue weighted by molar-refractivity contribution is -0.121. The SMILES string of the molecule is CCOCCNC(=O)C[C@H](N)Cc1cc(F)c(F)cc1F. The van der Waals surface area contributed by atoms with Crippen LogP contribution in [0.25, 0.3) is 0 Å². The van der Waals surface area contributed by atoms with Crippen LogP contribution < -0.4 is 11.1 Å². The number of carbonyl (C=O) groups is 1. The van der Waals surface area contributed by atoms with E-state index in [1.165, 1.54) is 0 Å². The second-order valence-corrected chi connectivity index (χ2v) is 4.57. The van der Waals surface area contributed by atoms with Crippen LogP contribution in [0.4, 0.5) is 13.2 Å². The summed E-state index contributed by atoms with van der Waals surface area (Å²) in [5.41, 5.74) is 5.67. The van der Waals surface area contributed by atoms with Crippen LogP contribution in [-0.4, -0.2) is 31.7 Å². The van der Waals surface area contributed by atoms with Gasteiger partial charge >= 0.3 is 0 Å². The number of hydrogen-bond donors (Lipinski definition) is 2. The Morgan fingerprint density at radius 3 is 2.62 bits per heavy atom. The van der Waals surface area contributed by atoms with E-state index in [4.69, 9.17) is 10.5 Å². The molecule has 1 atom stereocenters. The van der Waals surface area contributed by atoms with E-state index >= 15 is 0 Å². The highest BCUT2D eigenvalue weighted by molar-refractivity contribution is 5.76. The molecule has 0 unspecified atom stereocenters. The maximum Gasteiger partial charge on any atom is 0.221 e. The molecule has 0 aromatic heterocycles. The molecule has 1 aromatic carbocycles. The zero-order valence-corrected chi connectivity index (χ0v) is 11.8. The molecule has 118 valence electrons. The van der Waals surface area contributed by atoms with E-state index in [1.54, 1.807) is 0 Å². The van der Waals surface area contributed by atoms with Gasteiger partial charge in [-0.2, -0.15) is 0 Å². The van der Waals surface area contributed by atoms with Crippen LogP contribution in [0.1, 0.15) is 18.9 Å². The largest absolute Gasteiger partial charge is 0.380 e. The molecule has 1 aromatic rings. The van der Waals surface area contributed by atoms with E-state index in [9.17, 15) is 18.0 Å². The van der Waals surface area contributed by atoms with Crippen molar-refractivity contribution in [1.29, 1.82) is 0 Å². The van der Waals surface area contributed by atoms with Crippen LogP contribution >= 0.6 is 0 Å². The standard InChI is InChI=1S/C14H19F3N2O2/c1-2-21-4-3-19-14(20)7-10(18)5-9-6-12(16)13(17)8-11(9)15/h6,8,10H,2-5,7,18H2,1H3,(H,19,20)/t10-/m1/s1. The first-order chi connectivity index (χ1) is 9.93. The lowest BCUT2D eigenvalue weighted by Gasteiger charge is -2.13. The normalized spacial score (nSPS) is 12.2. The Hall–Kier alpha value is -1.60. The van der Waals surface area contributed by atoms with Crippen molar-refractivity contribution in [2.75, 3.05) is 19.8 Å². The predicted octanol–water partition coefficient (Wildman–Crippen LogP) is 1.52. The number of ether oxygens (including phenoxy) is 1. The van der Waals surface area contributed by atoms with Gasteiger partial charge in [0.15, 0.2) is 11.6 Å². The molecule has 4 nitrogen and oxygen atoms in total. The van der Waals surface area contributed by atoms with E-state index in [1.807, 2.05) is 6.92 Å². The molecule has 0 spiro atoms. The summed E-state index contributed by atoms with van der Waals surface area (Å²) in [6, 6.07) is 0.549. The zero-order valence-electron chi connectivity index (χ0n) is 11.8. The third-order valence-corrected chi connectivity index (χ3v) is 2.79. The highest BCUT2D eigenvalue weighted by Gasteiger charge is 2.15. The molecule has 0 saturated carbocycles. The molecule has 21 heavy (non-hydrogen) atoms. The third-order valence-electron chi connectivity index (χ3n) is 2.79. The van der Waals surface area contributed by atoms with Gasteiger partial charge in [-0.15, -0.1) is 0 Å². The smallest absolute Gasteiger partial charge is 0.221 e. The van der Waals surface area contributed by atoms with Gasteiger partial charge in [0, 0.05) is 31.7 Å². The first kappa shape index (κ1) is 17.5. The van der Waals surface area contributed by atoms with Gasteiger partial charge in [0.25, 0.3) is 0 Å². The predicted molar refractivity (Wildman–Crippen MR) is 72.1 cm³/mol. The minimum Gasteiger partial charge on any atom is -0.380 e. The molecule has 1 rings (SSSR count). The average Bonchev–Trinajstić information content (AvgIpc) is 2.41. The van der Waals surface area contributed by atoms with Gasteiger partial charge in [0.1, 0.15) is 5.82 Å². The van der Waals surface area contributed by atoms with Gasteiger partial charge in [-0.3, -0.25) is 4.79 Å². The molecule has 0 aliphatic heterocycles. The minimum atomic E-state index is -1.25. The molecular weight excluding hydrogens is 285 g/mol. The van der Waals surface area contributed by atoms with E-state index in [-0.39, 0.29) is 24.3 Å². The molecule has 3 N–H and O–H groups in total. The Balaban J connectivity index is 2.44. The van der Waals surface area contributed by atoms with Crippen molar-refractivity contribution in [3.63, 3.8) is 0 Å². The number of nitrogens with one attached hydrogen (secondary N) is 1. The summed E-state index contributed by atoms with van der Waals surface area (Å²) in [4.78, 5) is 11.5. The summed E-state index contributed by atoms with van der Waals surface area (Å²) in [7, 11) is 0. The fourth-order valence-corrected chi connectivity index (χ4v) is 1.79. The Morgan fingerprint density at radius 1 is 1.29 bits per heavy atom. The van der Waals surface area contributed by atoms with E-state index in [0.717, 1.165) is 6.07 Å². The summed E-state index contributed by atoms with van der Waals surface area (Å²) >= 11 is 0. The molecule has 0 fully saturated rings. The first-order valence-electron chi connectivity index (χ1n) is 6.67. The summed E-state index contributed by atoms with van der Waals surface area (Å²) < 4.78 is 44.3. The van der Waals surface area contributed by atoms with Crippen LogP contribution in [0.3, 0.4) is 0 Å². The molecule has 0 bridgehead atoms. The van der Waals surface area contributed by atoms with E-state index in [0.29, 0.717) is 25.8 Å². The van der Waals surface area contributed by atoms with Crippen molar-refractivity contribution in [1.82, 2.24) is 5.32 Å². The van der Waals surface area contributed by atoms with Gasteiger partial charge in [-0.1, -0.05) is 0 Å². The molecule has 0 radical (unpaired) electrons. The summed E-state index contributed by atoms with van der Waals surface area (Å²) in [6.07, 6.45) is -0.0908. The molecule has 0 saturated heterocycles. The number of halogens is 3. The number of hydrogen-bond acceptors (Lipinski definition) is 3. The Kier molecular flexibility index (Phi) is 7.18. The van der Waals surface area contributed by atoms with Crippen LogP contribution in [-0.2, 0) is 16.0 Å². The summed E-state index contributed by atoms with van der Waals surface area (Å²) in [5.74, 6) is -3.57. The first-order valence-corrected chi connectivity index (χ1v) is 6.67. The average molecular weight is 304 g/mol. The van der Waals surface area contributed by atoms with Gasteiger partial charge < -0.3 is 15.8 Å². The summed E-state index contributed by atoms with van der Waals surface area (Å²) in [6.45, 7) is 3.16. The molecule has 0 aliphatic rings. The van der Waals surface area contributed by atoms with Gasteiger partial charge in [0.05, 0.1) is 6.61 Å². The highest BCUT2D eigenvalue weighted by atomic mass is 19.2. The van der Waals surface area contributed by atoms with Gasteiger partial charge in [-0.25, -0.2) is 13.2 Å². The second kappa shape index (κ2) is 8.63. The van der Waals surface area contributed by atoms with Crippen LogP contribution in [0.5, 0.6) is 0 Å². The van der Waals surface area contributed by atoms with Crippen molar-refractivity contribution < 1.29 is 22.7 Å². The quantitative estimate of drug-likeness (QED) is 0.565. The van der Waals surface area contributed by atoms with Crippen LogP contribution in [0.2, 0.25) is 0 Å². The number of rotatable bonds is 8. The second-order valence-electron chi connectivity index (χ2n) is 4.57. The zero-order chi connectivity index (χ0) is 15.8. The number of amides is 1.